The van der Waals surface area contributed by atoms with Crippen molar-refractivity contribution in [1.29, 1.82) is 0 Å². The van der Waals surface area contributed by atoms with E-state index in [9.17, 15) is 9.59 Å². The van der Waals surface area contributed by atoms with Crippen molar-refractivity contribution < 1.29 is 23.8 Å². The molecule has 1 atom stereocenters. The van der Waals surface area contributed by atoms with Gasteiger partial charge in [-0.2, -0.15) is 0 Å². The topological polar surface area (TPSA) is 61.8 Å². The summed E-state index contributed by atoms with van der Waals surface area (Å²) < 4.78 is 17.5. The van der Waals surface area contributed by atoms with Crippen LogP contribution in [0.4, 0.5) is 0 Å². The van der Waals surface area contributed by atoms with Gasteiger partial charge in [-0.25, -0.2) is 0 Å². The average molecular weight is 958 g/mol. The fourth-order valence-corrected chi connectivity index (χ4v) is 9.37. The van der Waals surface area contributed by atoms with Gasteiger partial charge in [-0.15, -0.1) is 0 Å². The second kappa shape index (κ2) is 59.7. The van der Waals surface area contributed by atoms with Crippen LogP contribution in [0.15, 0.2) is 24.3 Å². The van der Waals surface area contributed by atoms with Crippen LogP contribution in [0.25, 0.3) is 0 Å². The van der Waals surface area contributed by atoms with E-state index in [-0.39, 0.29) is 18.5 Å². The highest BCUT2D eigenvalue weighted by Crippen LogP contribution is 2.17. The number of carbonyl (C=O) groups excluding carboxylic acids is 2. The molecular formula is C63H120O5. The predicted octanol–water partition coefficient (Wildman–Crippen LogP) is 21.1. The Kier molecular flexibility index (Phi) is 58.3. The van der Waals surface area contributed by atoms with Gasteiger partial charge in [-0.3, -0.25) is 9.59 Å². The minimum Gasteiger partial charge on any atom is -0.462 e. The Labute approximate surface area is 426 Å². The molecule has 402 valence electrons. The van der Waals surface area contributed by atoms with Crippen molar-refractivity contribution in [3.63, 3.8) is 0 Å². The summed E-state index contributed by atoms with van der Waals surface area (Å²) in [5.41, 5.74) is 0. The molecule has 0 aromatic rings. The van der Waals surface area contributed by atoms with Crippen LogP contribution in [0.1, 0.15) is 342 Å². The average Bonchev–Trinajstić information content (AvgIpc) is 3.34. The van der Waals surface area contributed by atoms with Gasteiger partial charge in [0.05, 0.1) is 6.61 Å². The molecule has 0 rings (SSSR count). The highest BCUT2D eigenvalue weighted by atomic mass is 16.6. The van der Waals surface area contributed by atoms with E-state index in [1.165, 1.54) is 263 Å². The van der Waals surface area contributed by atoms with E-state index >= 15 is 0 Å². The minimum absolute atomic E-state index is 0.0909. The number of carbonyl (C=O) groups is 2. The zero-order valence-electron chi connectivity index (χ0n) is 46.4. The van der Waals surface area contributed by atoms with Crippen molar-refractivity contribution in [2.45, 2.75) is 348 Å². The zero-order chi connectivity index (χ0) is 49.2. The number of allylic oxidation sites excluding steroid dienone is 4. The molecular weight excluding hydrogens is 837 g/mol. The van der Waals surface area contributed by atoms with Crippen LogP contribution in [0.3, 0.4) is 0 Å². The van der Waals surface area contributed by atoms with Gasteiger partial charge in [0.2, 0.25) is 0 Å². The Morgan fingerprint density at radius 1 is 0.324 bits per heavy atom. The second-order valence-electron chi connectivity index (χ2n) is 21.0. The molecule has 0 aliphatic rings. The lowest BCUT2D eigenvalue weighted by Gasteiger charge is -2.18. The number of unbranched alkanes of at least 4 members (excludes halogenated alkanes) is 43. The molecule has 0 radical (unpaired) electrons. The number of ether oxygens (including phenoxy) is 3. The zero-order valence-corrected chi connectivity index (χ0v) is 46.4. The first kappa shape index (κ1) is 66.4. The van der Waals surface area contributed by atoms with E-state index in [1.54, 1.807) is 0 Å². The predicted molar refractivity (Wildman–Crippen MR) is 298 cm³/mol. The first-order chi connectivity index (χ1) is 33.6. The van der Waals surface area contributed by atoms with Crippen LogP contribution < -0.4 is 0 Å². The maximum atomic E-state index is 12.9. The van der Waals surface area contributed by atoms with Crippen molar-refractivity contribution in [3.05, 3.63) is 24.3 Å². The first-order valence-corrected chi connectivity index (χ1v) is 30.9. The van der Waals surface area contributed by atoms with Crippen LogP contribution >= 0.6 is 0 Å². The quantitative estimate of drug-likeness (QED) is 0.0345. The third-order valence-corrected chi connectivity index (χ3v) is 14.0. The Morgan fingerprint density at radius 3 is 1.00 bits per heavy atom. The molecule has 0 saturated heterocycles. The van der Waals surface area contributed by atoms with Crippen molar-refractivity contribution in [3.8, 4) is 0 Å². The van der Waals surface area contributed by atoms with Gasteiger partial charge in [0, 0.05) is 19.4 Å². The van der Waals surface area contributed by atoms with Crippen LogP contribution in [-0.4, -0.2) is 37.9 Å². The molecule has 0 saturated carbocycles. The van der Waals surface area contributed by atoms with Crippen molar-refractivity contribution in [2.24, 2.45) is 0 Å². The maximum absolute atomic E-state index is 12.9. The summed E-state index contributed by atoms with van der Waals surface area (Å²) >= 11 is 0. The molecule has 5 nitrogen and oxygen atoms in total. The lowest BCUT2D eigenvalue weighted by atomic mass is 10.0. The molecule has 5 heteroatoms. The number of hydrogen-bond acceptors (Lipinski definition) is 5. The third-order valence-electron chi connectivity index (χ3n) is 14.0. The molecule has 0 heterocycles. The monoisotopic (exact) mass is 957 g/mol. The summed E-state index contributed by atoms with van der Waals surface area (Å²) in [4.78, 5) is 25.6. The summed E-state index contributed by atoms with van der Waals surface area (Å²) in [6, 6.07) is 0. The fourth-order valence-electron chi connectivity index (χ4n) is 9.37. The van der Waals surface area contributed by atoms with Gasteiger partial charge < -0.3 is 14.2 Å². The molecule has 0 aliphatic carbocycles. The summed E-state index contributed by atoms with van der Waals surface area (Å²) in [5, 5.41) is 0. The Morgan fingerprint density at radius 2 is 0.618 bits per heavy atom. The van der Waals surface area contributed by atoms with E-state index in [0.29, 0.717) is 26.1 Å². The van der Waals surface area contributed by atoms with Crippen molar-refractivity contribution >= 4 is 11.9 Å². The molecule has 0 amide bonds. The fraction of sp³-hybridized carbons (Fsp3) is 0.905. The molecule has 0 aliphatic heterocycles. The number of esters is 2. The largest absolute Gasteiger partial charge is 0.462 e. The van der Waals surface area contributed by atoms with E-state index in [1.807, 2.05) is 0 Å². The van der Waals surface area contributed by atoms with E-state index < -0.39 is 6.10 Å². The lowest BCUT2D eigenvalue weighted by molar-refractivity contribution is -0.163. The Bertz CT molecular complexity index is 1040. The summed E-state index contributed by atoms with van der Waals surface area (Å²) in [5.74, 6) is -0.379. The van der Waals surface area contributed by atoms with Crippen LogP contribution in [-0.2, 0) is 23.8 Å². The van der Waals surface area contributed by atoms with Gasteiger partial charge in [0.15, 0.2) is 6.10 Å². The standard InChI is InChI=1S/C63H120O5/c1-4-7-10-13-16-19-22-25-28-31-32-34-35-38-41-44-47-50-53-56-62(64)67-60-61(59-66-58-55-52-49-46-43-40-37-30-27-24-21-18-15-12-9-6-3)68-63(65)57-54-51-48-45-42-39-36-33-29-26-23-20-17-14-11-8-5-2/h17,20,26,29,61H,4-16,18-19,21-25,27-28,30-60H2,1-3H3/b20-17-,29-26-/t61-/m1/s1. The minimum atomic E-state index is -0.534. The molecule has 0 aromatic carbocycles. The molecule has 68 heavy (non-hydrogen) atoms. The lowest BCUT2D eigenvalue weighted by Crippen LogP contribution is -2.30. The van der Waals surface area contributed by atoms with Gasteiger partial charge in [0.1, 0.15) is 6.61 Å². The van der Waals surface area contributed by atoms with Gasteiger partial charge in [0.25, 0.3) is 0 Å². The summed E-state index contributed by atoms with van der Waals surface area (Å²) in [6.07, 6.45) is 72.1. The highest BCUT2D eigenvalue weighted by Gasteiger charge is 2.18. The molecule has 0 aromatic heterocycles. The van der Waals surface area contributed by atoms with Crippen molar-refractivity contribution in [1.82, 2.24) is 0 Å². The molecule has 0 spiro atoms. The molecule has 0 fully saturated rings. The SMILES string of the molecule is CCCCC/C=C\C/C=C\CCCCCCCCCC(=O)O[C@H](COCCCCCCCCCCCCCCCCCC)COC(=O)CCCCCCCCCCCCCCCCCCCCC. The summed E-state index contributed by atoms with van der Waals surface area (Å²) in [6.45, 7) is 7.88. The van der Waals surface area contributed by atoms with E-state index in [2.05, 4.69) is 45.1 Å². The van der Waals surface area contributed by atoms with E-state index in [0.717, 1.165) is 44.9 Å². The number of rotatable bonds is 58. The third kappa shape index (κ3) is 57.0. The maximum Gasteiger partial charge on any atom is 0.306 e. The molecule has 0 N–H and O–H groups in total. The number of hydrogen-bond donors (Lipinski definition) is 0. The Balaban J connectivity index is 4.21. The van der Waals surface area contributed by atoms with E-state index in [4.69, 9.17) is 14.2 Å². The summed E-state index contributed by atoms with van der Waals surface area (Å²) in [7, 11) is 0. The van der Waals surface area contributed by atoms with Gasteiger partial charge in [-0.1, -0.05) is 302 Å². The Hall–Kier alpha value is -1.62. The van der Waals surface area contributed by atoms with Gasteiger partial charge >= 0.3 is 11.9 Å². The van der Waals surface area contributed by atoms with Gasteiger partial charge in [-0.05, 0) is 51.4 Å². The smallest absolute Gasteiger partial charge is 0.306 e. The normalized spacial score (nSPS) is 12.2. The van der Waals surface area contributed by atoms with Crippen LogP contribution in [0, 0.1) is 0 Å². The van der Waals surface area contributed by atoms with Crippen LogP contribution in [0.2, 0.25) is 0 Å². The van der Waals surface area contributed by atoms with Crippen LogP contribution in [0.5, 0.6) is 0 Å². The first-order valence-electron chi connectivity index (χ1n) is 30.9. The van der Waals surface area contributed by atoms with Crippen molar-refractivity contribution in [2.75, 3.05) is 19.8 Å². The highest BCUT2D eigenvalue weighted by molar-refractivity contribution is 5.70. The molecule has 0 bridgehead atoms. The second-order valence-corrected chi connectivity index (χ2v) is 21.0. The molecule has 0 unspecified atom stereocenters.